The van der Waals surface area contributed by atoms with Crippen LogP contribution in [-0.4, -0.2) is 12.5 Å². The Hall–Kier alpha value is -1.72. The van der Waals surface area contributed by atoms with Gasteiger partial charge in [0, 0.05) is 22.3 Å². The highest BCUT2D eigenvalue weighted by atomic mass is 79.9. The van der Waals surface area contributed by atoms with Gasteiger partial charge < -0.3 is 10.6 Å². The van der Waals surface area contributed by atoms with Crippen LogP contribution >= 0.6 is 15.9 Å². The summed E-state index contributed by atoms with van der Waals surface area (Å²) in [5, 5.41) is 6.03. The van der Waals surface area contributed by atoms with Gasteiger partial charge in [-0.3, -0.25) is 4.79 Å². The Morgan fingerprint density at radius 3 is 2.86 bits per heavy atom. The highest BCUT2D eigenvalue weighted by Gasteiger charge is 2.29. The Bertz CT molecular complexity index is 690. The molecule has 2 N–H and O–H groups in total. The lowest BCUT2D eigenvalue weighted by molar-refractivity contribution is -0.117. The first kappa shape index (κ1) is 14.2. The van der Waals surface area contributed by atoms with Gasteiger partial charge >= 0.3 is 0 Å². The first-order valence-electron chi connectivity index (χ1n) is 6.72. The van der Waals surface area contributed by atoms with Gasteiger partial charge in [0.15, 0.2) is 0 Å². The third kappa shape index (κ3) is 2.99. The third-order valence-electron chi connectivity index (χ3n) is 3.55. The van der Waals surface area contributed by atoms with Crippen LogP contribution in [0.15, 0.2) is 46.9 Å². The molecule has 1 heterocycles. The van der Waals surface area contributed by atoms with E-state index in [1.54, 1.807) is 12.1 Å². The summed E-state index contributed by atoms with van der Waals surface area (Å²) in [7, 11) is 0. The molecular weight excluding hydrogens is 335 g/mol. The third-order valence-corrected chi connectivity index (χ3v) is 4.04. The van der Waals surface area contributed by atoms with Crippen LogP contribution in [0.1, 0.15) is 17.2 Å². The molecule has 3 rings (SSSR count). The summed E-state index contributed by atoms with van der Waals surface area (Å²) < 4.78 is 14.5. The number of carbonyl (C=O) groups excluding carboxylic acids is 1. The number of hydrogen-bond acceptors (Lipinski definition) is 2. The van der Waals surface area contributed by atoms with Gasteiger partial charge in [-0.15, -0.1) is 0 Å². The molecule has 1 atom stereocenters. The van der Waals surface area contributed by atoms with Gasteiger partial charge in [-0.05, 0) is 30.2 Å². The number of fused-ring (bicyclic) bond motifs is 1. The van der Waals surface area contributed by atoms with Gasteiger partial charge in [0.1, 0.15) is 11.9 Å². The van der Waals surface area contributed by atoms with Gasteiger partial charge in [-0.2, -0.15) is 0 Å². The second-order valence-electron chi connectivity index (χ2n) is 4.95. The summed E-state index contributed by atoms with van der Waals surface area (Å²) in [5.41, 5.74) is 2.40. The second kappa shape index (κ2) is 5.95. The highest BCUT2D eigenvalue weighted by Crippen LogP contribution is 2.32. The van der Waals surface area contributed by atoms with E-state index in [2.05, 4.69) is 26.6 Å². The minimum Gasteiger partial charge on any atom is -0.324 e. The van der Waals surface area contributed by atoms with Gasteiger partial charge in [0.2, 0.25) is 5.91 Å². The lowest BCUT2D eigenvalue weighted by atomic mass is 10.1. The predicted molar refractivity (Wildman–Crippen MR) is 83.6 cm³/mol. The number of anilines is 1. The maximum atomic E-state index is 13.5. The molecule has 0 aromatic heterocycles. The first-order chi connectivity index (χ1) is 10.1. The normalized spacial score (nSPS) is 16.7. The zero-order valence-corrected chi connectivity index (χ0v) is 12.8. The zero-order valence-electron chi connectivity index (χ0n) is 11.2. The average Bonchev–Trinajstić information content (AvgIpc) is 2.76. The van der Waals surface area contributed by atoms with Crippen molar-refractivity contribution in [3.63, 3.8) is 0 Å². The summed E-state index contributed by atoms with van der Waals surface area (Å²) in [6.45, 7) is 0.536. The number of benzene rings is 2. The molecule has 0 saturated carbocycles. The Labute approximate surface area is 130 Å². The van der Waals surface area contributed by atoms with E-state index in [9.17, 15) is 9.18 Å². The number of rotatable bonds is 4. The quantitative estimate of drug-likeness (QED) is 0.888. The Morgan fingerprint density at radius 1 is 1.24 bits per heavy atom. The van der Waals surface area contributed by atoms with E-state index >= 15 is 0 Å². The summed E-state index contributed by atoms with van der Waals surface area (Å²) in [4.78, 5) is 12.0. The number of nitrogens with one attached hydrogen (secondary N) is 2. The molecular formula is C16H14BrFN2O. The fraction of sp³-hybridized carbons (Fsp3) is 0.188. The fourth-order valence-corrected chi connectivity index (χ4v) is 2.85. The predicted octanol–water partition coefficient (Wildman–Crippen LogP) is 3.41. The molecule has 1 aliphatic rings. The molecule has 108 valence electrons. The van der Waals surface area contributed by atoms with E-state index in [1.807, 2.05) is 24.3 Å². The monoisotopic (exact) mass is 348 g/mol. The van der Waals surface area contributed by atoms with Crippen molar-refractivity contribution in [3.05, 3.63) is 63.9 Å². The summed E-state index contributed by atoms with van der Waals surface area (Å²) in [6.07, 6.45) is 0.544. The van der Waals surface area contributed by atoms with Crippen molar-refractivity contribution < 1.29 is 9.18 Å². The van der Waals surface area contributed by atoms with Gasteiger partial charge in [0.25, 0.3) is 0 Å². The molecule has 1 unspecified atom stereocenters. The van der Waals surface area contributed by atoms with Crippen molar-refractivity contribution in [2.45, 2.75) is 12.5 Å². The van der Waals surface area contributed by atoms with Crippen molar-refractivity contribution >= 4 is 27.5 Å². The zero-order chi connectivity index (χ0) is 14.8. The van der Waals surface area contributed by atoms with Crippen molar-refractivity contribution in [1.29, 1.82) is 0 Å². The maximum Gasteiger partial charge on any atom is 0.246 e. The number of halogens is 2. The Morgan fingerprint density at radius 2 is 2.05 bits per heavy atom. The highest BCUT2D eigenvalue weighted by molar-refractivity contribution is 9.10. The topological polar surface area (TPSA) is 41.1 Å². The van der Waals surface area contributed by atoms with Gasteiger partial charge in [-0.1, -0.05) is 40.2 Å². The molecule has 0 radical (unpaired) electrons. The lowest BCUT2D eigenvalue weighted by Crippen LogP contribution is -2.29. The molecule has 0 fully saturated rings. The van der Waals surface area contributed by atoms with E-state index in [4.69, 9.17) is 0 Å². The van der Waals surface area contributed by atoms with Crippen molar-refractivity contribution in [2.75, 3.05) is 11.9 Å². The standard InChI is InChI=1S/C16H14BrFN2O/c17-11-5-6-12-14(9-11)20-16(21)15(12)19-8-7-10-3-1-2-4-13(10)18/h1-6,9,15,19H,7-8H2,(H,20,21). The summed E-state index contributed by atoms with van der Waals surface area (Å²) in [5.74, 6) is -0.281. The molecule has 0 bridgehead atoms. The SMILES string of the molecule is O=C1Nc2cc(Br)ccc2C1NCCc1ccccc1F. The number of hydrogen-bond donors (Lipinski definition) is 2. The van der Waals surface area contributed by atoms with Crippen molar-refractivity contribution in [3.8, 4) is 0 Å². The fourth-order valence-electron chi connectivity index (χ4n) is 2.49. The molecule has 0 spiro atoms. The van der Waals surface area contributed by atoms with E-state index in [0.29, 0.717) is 18.5 Å². The smallest absolute Gasteiger partial charge is 0.246 e. The molecule has 2 aromatic rings. The van der Waals surface area contributed by atoms with Gasteiger partial charge in [0.05, 0.1) is 0 Å². The summed E-state index contributed by atoms with van der Waals surface area (Å²) >= 11 is 3.38. The molecule has 1 amide bonds. The van der Waals surface area contributed by atoms with E-state index < -0.39 is 0 Å². The van der Waals surface area contributed by atoms with Crippen LogP contribution in [0.3, 0.4) is 0 Å². The summed E-state index contributed by atoms with van der Waals surface area (Å²) in [6, 6.07) is 12.0. The Kier molecular flexibility index (Phi) is 4.03. The molecule has 1 aliphatic heterocycles. The average molecular weight is 349 g/mol. The van der Waals surface area contributed by atoms with E-state index in [0.717, 1.165) is 15.7 Å². The lowest BCUT2D eigenvalue weighted by Gasteiger charge is -2.11. The van der Waals surface area contributed by atoms with E-state index in [-0.39, 0.29) is 17.8 Å². The van der Waals surface area contributed by atoms with Crippen LogP contribution < -0.4 is 10.6 Å². The van der Waals surface area contributed by atoms with Crippen LogP contribution in [0.5, 0.6) is 0 Å². The molecule has 21 heavy (non-hydrogen) atoms. The molecule has 0 saturated heterocycles. The van der Waals surface area contributed by atoms with Crippen molar-refractivity contribution in [1.82, 2.24) is 5.32 Å². The number of amides is 1. The minimum absolute atomic E-state index is 0.0726. The Balaban J connectivity index is 1.67. The largest absolute Gasteiger partial charge is 0.324 e. The molecule has 0 aliphatic carbocycles. The molecule has 2 aromatic carbocycles. The minimum atomic E-state index is -0.375. The van der Waals surface area contributed by atoms with Crippen LogP contribution in [0, 0.1) is 5.82 Å². The van der Waals surface area contributed by atoms with Crippen molar-refractivity contribution in [2.24, 2.45) is 0 Å². The molecule has 5 heteroatoms. The maximum absolute atomic E-state index is 13.5. The second-order valence-corrected chi connectivity index (χ2v) is 5.87. The number of carbonyl (C=O) groups is 1. The van der Waals surface area contributed by atoms with Crippen LogP contribution in [0.2, 0.25) is 0 Å². The first-order valence-corrected chi connectivity index (χ1v) is 7.51. The van der Waals surface area contributed by atoms with Crippen LogP contribution in [-0.2, 0) is 11.2 Å². The van der Waals surface area contributed by atoms with E-state index in [1.165, 1.54) is 6.07 Å². The van der Waals surface area contributed by atoms with Crippen LogP contribution in [0.25, 0.3) is 0 Å². The molecule has 3 nitrogen and oxygen atoms in total. The van der Waals surface area contributed by atoms with Crippen LogP contribution in [0.4, 0.5) is 10.1 Å². The van der Waals surface area contributed by atoms with Gasteiger partial charge in [-0.25, -0.2) is 4.39 Å².